The van der Waals surface area contributed by atoms with Crippen LogP contribution >= 0.6 is 23.4 Å². The van der Waals surface area contributed by atoms with E-state index >= 15 is 0 Å². The zero-order valence-electron chi connectivity index (χ0n) is 17.3. The zero-order chi connectivity index (χ0) is 22.7. The fourth-order valence-corrected chi connectivity index (χ4v) is 4.29. The molecule has 0 spiro atoms. The van der Waals surface area contributed by atoms with Crippen molar-refractivity contribution < 1.29 is 14.0 Å². The number of nitrogens with one attached hydrogen (secondary N) is 1. The molecule has 32 heavy (non-hydrogen) atoms. The van der Waals surface area contributed by atoms with Crippen molar-refractivity contribution in [3.63, 3.8) is 0 Å². The van der Waals surface area contributed by atoms with Gasteiger partial charge in [-0.25, -0.2) is 4.39 Å². The number of likely N-dealkylation sites (N-methyl/N-ethyl adjacent to an activating group) is 1. The second-order valence-corrected chi connectivity index (χ2v) is 8.80. The quantitative estimate of drug-likeness (QED) is 0.494. The van der Waals surface area contributed by atoms with Crippen LogP contribution in [0, 0.1) is 5.82 Å². The first kappa shape index (κ1) is 22.3. The molecule has 2 amide bonds. The molecule has 1 aliphatic rings. The number of halogens is 2. The van der Waals surface area contributed by atoms with Crippen molar-refractivity contribution in [1.82, 2.24) is 19.7 Å². The molecule has 0 aliphatic heterocycles. The predicted octanol–water partition coefficient (Wildman–Crippen LogP) is 4.26. The van der Waals surface area contributed by atoms with Crippen LogP contribution in [0.15, 0.2) is 53.7 Å². The van der Waals surface area contributed by atoms with Gasteiger partial charge in [0.25, 0.3) is 0 Å². The van der Waals surface area contributed by atoms with Crippen molar-refractivity contribution in [1.29, 1.82) is 0 Å². The number of amides is 2. The monoisotopic (exact) mass is 473 g/mol. The lowest BCUT2D eigenvalue weighted by Crippen LogP contribution is -2.36. The van der Waals surface area contributed by atoms with E-state index in [2.05, 4.69) is 15.5 Å². The highest BCUT2D eigenvalue weighted by Gasteiger charge is 2.31. The number of hydrogen-bond donors (Lipinski definition) is 1. The highest BCUT2D eigenvalue weighted by atomic mass is 35.5. The number of thioether (sulfide) groups is 1. The summed E-state index contributed by atoms with van der Waals surface area (Å²) in [7, 11) is 1.56. The van der Waals surface area contributed by atoms with Gasteiger partial charge in [-0.1, -0.05) is 47.6 Å². The molecule has 0 saturated heterocycles. The minimum absolute atomic E-state index is 0.0813. The minimum Gasteiger partial charge on any atom is -0.336 e. The van der Waals surface area contributed by atoms with E-state index in [1.54, 1.807) is 49.5 Å². The number of anilines is 1. The topological polar surface area (TPSA) is 80.1 Å². The van der Waals surface area contributed by atoms with Crippen LogP contribution in [0.3, 0.4) is 0 Å². The predicted molar refractivity (Wildman–Crippen MR) is 122 cm³/mol. The van der Waals surface area contributed by atoms with E-state index in [0.717, 1.165) is 12.8 Å². The van der Waals surface area contributed by atoms with Gasteiger partial charge in [-0.15, -0.1) is 10.2 Å². The van der Waals surface area contributed by atoms with Crippen LogP contribution in [0.25, 0.3) is 11.4 Å². The van der Waals surface area contributed by atoms with E-state index in [9.17, 15) is 14.0 Å². The van der Waals surface area contributed by atoms with Crippen molar-refractivity contribution in [2.24, 2.45) is 0 Å². The number of carbonyl (C=O) groups excluding carboxylic acids is 2. The second kappa shape index (κ2) is 9.70. The molecule has 10 heteroatoms. The standard InChI is InChI=1S/C22H21ClFN5O2S/c1-28(12-19(30)25-18-9-5-3-7-16(18)23)20(31)13-32-22-27-26-21(29(22)14-10-11-14)15-6-2-4-8-17(15)24/h2-9,14H,10-13H2,1H3,(H,25,30). The first-order valence-corrected chi connectivity index (χ1v) is 11.4. The van der Waals surface area contributed by atoms with Crippen LogP contribution in [-0.4, -0.2) is 50.8 Å². The van der Waals surface area contributed by atoms with Gasteiger partial charge in [-0.3, -0.25) is 14.2 Å². The number of hydrogen-bond acceptors (Lipinski definition) is 5. The molecule has 0 atom stereocenters. The summed E-state index contributed by atoms with van der Waals surface area (Å²) in [6.45, 7) is -0.111. The normalized spacial score (nSPS) is 13.1. The molecule has 1 heterocycles. The lowest BCUT2D eigenvalue weighted by Gasteiger charge is -2.17. The smallest absolute Gasteiger partial charge is 0.244 e. The van der Waals surface area contributed by atoms with Crippen molar-refractivity contribution in [2.45, 2.75) is 24.0 Å². The average molecular weight is 474 g/mol. The first-order valence-electron chi connectivity index (χ1n) is 10.0. The summed E-state index contributed by atoms with van der Waals surface area (Å²) in [5.41, 5.74) is 0.881. The average Bonchev–Trinajstić information content (AvgIpc) is 3.53. The molecule has 1 saturated carbocycles. The van der Waals surface area contributed by atoms with Gasteiger partial charge in [-0.05, 0) is 37.1 Å². The van der Waals surface area contributed by atoms with Crippen molar-refractivity contribution >= 4 is 40.9 Å². The summed E-state index contributed by atoms with van der Waals surface area (Å²) < 4.78 is 16.2. The highest BCUT2D eigenvalue weighted by Crippen LogP contribution is 2.41. The van der Waals surface area contributed by atoms with Gasteiger partial charge in [-0.2, -0.15) is 0 Å². The van der Waals surface area contributed by atoms with Crippen molar-refractivity contribution in [2.75, 3.05) is 24.7 Å². The van der Waals surface area contributed by atoms with Crippen LogP contribution in [0.1, 0.15) is 18.9 Å². The van der Waals surface area contributed by atoms with E-state index in [4.69, 9.17) is 11.6 Å². The maximum atomic E-state index is 14.3. The molecular formula is C22H21ClFN5O2S. The molecule has 3 aromatic rings. The second-order valence-electron chi connectivity index (χ2n) is 7.45. The Kier molecular flexibility index (Phi) is 6.76. The Morgan fingerprint density at radius 2 is 1.91 bits per heavy atom. The maximum absolute atomic E-state index is 14.3. The van der Waals surface area contributed by atoms with Gasteiger partial charge in [0, 0.05) is 13.1 Å². The van der Waals surface area contributed by atoms with E-state index in [1.807, 2.05) is 4.57 Å². The highest BCUT2D eigenvalue weighted by molar-refractivity contribution is 7.99. The Bertz CT molecular complexity index is 1150. The molecule has 7 nitrogen and oxygen atoms in total. The van der Waals surface area contributed by atoms with Crippen LogP contribution in [-0.2, 0) is 9.59 Å². The SMILES string of the molecule is CN(CC(=O)Nc1ccccc1Cl)C(=O)CSc1nnc(-c2ccccc2F)n1C1CC1. The minimum atomic E-state index is -0.362. The van der Waals surface area contributed by atoms with Crippen LogP contribution in [0.5, 0.6) is 0 Å². The summed E-state index contributed by atoms with van der Waals surface area (Å²) in [4.78, 5) is 26.2. The van der Waals surface area contributed by atoms with E-state index in [1.165, 1.54) is 22.7 Å². The van der Waals surface area contributed by atoms with Crippen molar-refractivity contribution in [3.05, 3.63) is 59.4 Å². The van der Waals surface area contributed by atoms with Gasteiger partial charge in [0.2, 0.25) is 11.8 Å². The van der Waals surface area contributed by atoms with Crippen LogP contribution in [0.2, 0.25) is 5.02 Å². The Hall–Kier alpha value is -2.91. The zero-order valence-corrected chi connectivity index (χ0v) is 18.9. The number of nitrogens with zero attached hydrogens (tertiary/aromatic N) is 4. The van der Waals surface area contributed by atoms with E-state index in [-0.39, 0.29) is 36.0 Å². The Morgan fingerprint density at radius 1 is 1.19 bits per heavy atom. The molecule has 0 unspecified atom stereocenters. The molecule has 0 radical (unpaired) electrons. The fourth-order valence-electron chi connectivity index (χ4n) is 3.16. The first-order chi connectivity index (χ1) is 15.4. The fraction of sp³-hybridized carbons (Fsp3) is 0.273. The largest absolute Gasteiger partial charge is 0.336 e. The van der Waals surface area contributed by atoms with E-state index in [0.29, 0.717) is 27.3 Å². The lowest BCUT2D eigenvalue weighted by atomic mass is 10.2. The summed E-state index contributed by atoms with van der Waals surface area (Å²) in [6.07, 6.45) is 1.92. The molecule has 2 aromatic carbocycles. The Labute approximate surface area is 194 Å². The molecular weight excluding hydrogens is 453 g/mol. The number of para-hydroxylation sites is 1. The molecule has 1 aromatic heterocycles. The molecule has 0 bridgehead atoms. The molecule has 4 rings (SSSR count). The number of aromatic nitrogens is 3. The Morgan fingerprint density at radius 3 is 2.62 bits per heavy atom. The van der Waals surface area contributed by atoms with Gasteiger partial charge in [0.15, 0.2) is 11.0 Å². The van der Waals surface area contributed by atoms with Crippen molar-refractivity contribution in [3.8, 4) is 11.4 Å². The van der Waals surface area contributed by atoms with Crippen LogP contribution in [0.4, 0.5) is 10.1 Å². The third-order valence-corrected chi connectivity index (χ3v) is 6.23. The van der Waals surface area contributed by atoms with Gasteiger partial charge < -0.3 is 10.2 Å². The number of carbonyl (C=O) groups is 2. The number of rotatable bonds is 8. The summed E-state index contributed by atoms with van der Waals surface area (Å²) in [6, 6.07) is 13.5. The molecule has 166 valence electrons. The summed E-state index contributed by atoms with van der Waals surface area (Å²) >= 11 is 7.28. The molecule has 1 fully saturated rings. The van der Waals surface area contributed by atoms with Gasteiger partial charge in [0.1, 0.15) is 5.82 Å². The Balaban J connectivity index is 1.38. The lowest BCUT2D eigenvalue weighted by molar-refractivity contribution is -0.131. The molecule has 1 aliphatic carbocycles. The van der Waals surface area contributed by atoms with Gasteiger partial charge in [0.05, 0.1) is 28.6 Å². The number of benzene rings is 2. The third-order valence-electron chi connectivity index (χ3n) is 4.97. The van der Waals surface area contributed by atoms with Gasteiger partial charge >= 0.3 is 0 Å². The summed E-state index contributed by atoms with van der Waals surface area (Å²) in [5, 5.41) is 12.1. The molecule has 1 N–H and O–H groups in total. The third kappa shape index (κ3) is 5.11. The van der Waals surface area contributed by atoms with Crippen LogP contribution < -0.4 is 5.32 Å². The van der Waals surface area contributed by atoms with E-state index < -0.39 is 0 Å². The maximum Gasteiger partial charge on any atom is 0.244 e. The summed E-state index contributed by atoms with van der Waals surface area (Å²) in [5.74, 6) is -0.395.